The van der Waals surface area contributed by atoms with Crippen LogP contribution >= 0.6 is 11.6 Å². The van der Waals surface area contributed by atoms with Crippen molar-refractivity contribution in [2.75, 3.05) is 20.2 Å². The second-order valence-corrected chi connectivity index (χ2v) is 4.33. The predicted molar refractivity (Wildman–Crippen MR) is 69.1 cm³/mol. The Kier molecular flexibility index (Phi) is 6.01. The molecule has 1 N–H and O–H groups in total. The number of carbonyl (C=O) groups excluding carboxylic acids is 1. The number of hydrogen-bond acceptors (Lipinski definition) is 2. The van der Waals surface area contributed by atoms with Gasteiger partial charge in [0, 0.05) is 25.2 Å². The van der Waals surface area contributed by atoms with Crippen LogP contribution in [0.5, 0.6) is 0 Å². The Bertz CT molecular complexity index is 345. The minimum Gasteiger partial charge on any atom is -0.400 e. The highest BCUT2D eigenvalue weighted by atomic mass is 35.5. The van der Waals surface area contributed by atoms with Crippen LogP contribution in [-0.2, 0) is 11.2 Å². The molecule has 1 saturated heterocycles. The molecule has 2 rings (SSSR count). The molecule has 1 aromatic rings. The zero-order valence-electron chi connectivity index (χ0n) is 10.0. The van der Waals surface area contributed by atoms with Crippen molar-refractivity contribution in [3.05, 3.63) is 34.9 Å². The Labute approximate surface area is 107 Å². The Morgan fingerprint density at radius 1 is 1.24 bits per heavy atom. The topological polar surface area (TPSA) is 40.5 Å². The smallest absolute Gasteiger partial charge is 0.226 e. The summed E-state index contributed by atoms with van der Waals surface area (Å²) < 4.78 is 0. The molecule has 0 aliphatic carbocycles. The third kappa shape index (κ3) is 4.36. The highest BCUT2D eigenvalue weighted by Crippen LogP contribution is 2.13. The van der Waals surface area contributed by atoms with Crippen molar-refractivity contribution in [2.45, 2.75) is 19.3 Å². The number of nitrogens with zero attached hydrogens (tertiary/aromatic N) is 1. The Balaban J connectivity index is 0.000000686. The fourth-order valence-electron chi connectivity index (χ4n) is 1.86. The van der Waals surface area contributed by atoms with Crippen LogP contribution in [0.1, 0.15) is 18.4 Å². The van der Waals surface area contributed by atoms with Gasteiger partial charge in [-0.3, -0.25) is 4.79 Å². The minimum atomic E-state index is 0.231. The molecular formula is C13H18ClNO2. The number of hydrogen-bond donors (Lipinski definition) is 1. The molecule has 1 fully saturated rings. The average molecular weight is 256 g/mol. The van der Waals surface area contributed by atoms with E-state index >= 15 is 0 Å². The maximum absolute atomic E-state index is 11.8. The first-order chi connectivity index (χ1) is 8.25. The second-order valence-electron chi connectivity index (χ2n) is 3.89. The van der Waals surface area contributed by atoms with Gasteiger partial charge in [-0.05, 0) is 30.5 Å². The zero-order valence-corrected chi connectivity index (χ0v) is 10.8. The van der Waals surface area contributed by atoms with E-state index in [0.717, 1.165) is 38.6 Å². The number of halogens is 1. The molecule has 0 aromatic heterocycles. The molecule has 17 heavy (non-hydrogen) atoms. The van der Waals surface area contributed by atoms with Crippen LogP contribution < -0.4 is 0 Å². The number of benzene rings is 1. The first kappa shape index (κ1) is 14.0. The van der Waals surface area contributed by atoms with E-state index in [0.29, 0.717) is 11.4 Å². The van der Waals surface area contributed by atoms with Gasteiger partial charge < -0.3 is 10.0 Å². The van der Waals surface area contributed by atoms with Crippen LogP contribution in [0.25, 0.3) is 0 Å². The molecule has 0 spiro atoms. The van der Waals surface area contributed by atoms with Gasteiger partial charge in [-0.15, -0.1) is 0 Å². The molecule has 3 nitrogen and oxygen atoms in total. The first-order valence-corrected chi connectivity index (χ1v) is 6.10. The second kappa shape index (κ2) is 7.30. The molecule has 0 unspecified atom stereocenters. The van der Waals surface area contributed by atoms with E-state index < -0.39 is 0 Å². The molecule has 1 aromatic carbocycles. The molecule has 0 bridgehead atoms. The fraction of sp³-hybridized carbons (Fsp3) is 0.462. The summed E-state index contributed by atoms with van der Waals surface area (Å²) in [4.78, 5) is 13.7. The van der Waals surface area contributed by atoms with E-state index in [2.05, 4.69) is 0 Å². The number of aliphatic hydroxyl groups is 1. The Hall–Kier alpha value is -1.06. The zero-order chi connectivity index (χ0) is 12.7. The SMILES string of the molecule is CO.O=C(Cc1ccc(Cl)cc1)N1CCCC1. The Morgan fingerprint density at radius 2 is 1.76 bits per heavy atom. The summed E-state index contributed by atoms with van der Waals surface area (Å²) >= 11 is 5.78. The molecule has 1 aliphatic heterocycles. The molecule has 0 radical (unpaired) electrons. The van der Waals surface area contributed by atoms with Crippen LogP contribution in [0.4, 0.5) is 0 Å². The molecular weight excluding hydrogens is 238 g/mol. The van der Waals surface area contributed by atoms with Crippen molar-refractivity contribution in [2.24, 2.45) is 0 Å². The predicted octanol–water partition coefficient (Wildman–Crippen LogP) is 2.11. The van der Waals surface area contributed by atoms with Crippen LogP contribution in [0.2, 0.25) is 5.02 Å². The summed E-state index contributed by atoms with van der Waals surface area (Å²) in [5, 5.41) is 7.72. The standard InChI is InChI=1S/C12H14ClNO.CH4O/c13-11-5-3-10(4-6-11)9-12(15)14-7-1-2-8-14;1-2/h3-6H,1-2,7-9H2;2H,1H3. The van der Waals surface area contributed by atoms with Crippen LogP contribution in [0.3, 0.4) is 0 Å². The number of amides is 1. The summed E-state index contributed by atoms with van der Waals surface area (Å²) in [5.41, 5.74) is 1.04. The summed E-state index contributed by atoms with van der Waals surface area (Å²) in [6.45, 7) is 1.85. The highest BCUT2D eigenvalue weighted by molar-refractivity contribution is 6.30. The van der Waals surface area contributed by atoms with E-state index in [1.165, 1.54) is 0 Å². The van der Waals surface area contributed by atoms with Gasteiger partial charge in [0.25, 0.3) is 0 Å². The first-order valence-electron chi connectivity index (χ1n) is 5.72. The molecule has 4 heteroatoms. The summed E-state index contributed by atoms with van der Waals surface area (Å²) in [5.74, 6) is 0.231. The Morgan fingerprint density at radius 3 is 2.29 bits per heavy atom. The number of aliphatic hydroxyl groups excluding tert-OH is 1. The van der Waals surface area contributed by atoms with Gasteiger partial charge in [-0.25, -0.2) is 0 Å². The molecule has 0 atom stereocenters. The van der Waals surface area contributed by atoms with E-state index in [-0.39, 0.29) is 5.91 Å². The lowest BCUT2D eigenvalue weighted by molar-refractivity contribution is -0.129. The van der Waals surface area contributed by atoms with Crippen molar-refractivity contribution in [3.8, 4) is 0 Å². The van der Waals surface area contributed by atoms with Crippen LogP contribution in [0, 0.1) is 0 Å². The maximum Gasteiger partial charge on any atom is 0.226 e. The van der Waals surface area contributed by atoms with E-state index in [4.69, 9.17) is 16.7 Å². The quantitative estimate of drug-likeness (QED) is 0.879. The van der Waals surface area contributed by atoms with Crippen molar-refractivity contribution in [3.63, 3.8) is 0 Å². The van der Waals surface area contributed by atoms with Gasteiger partial charge in [0.1, 0.15) is 0 Å². The summed E-state index contributed by atoms with van der Waals surface area (Å²) in [6, 6.07) is 7.48. The van der Waals surface area contributed by atoms with Gasteiger partial charge in [-0.2, -0.15) is 0 Å². The number of rotatable bonds is 2. The van der Waals surface area contributed by atoms with Gasteiger partial charge in [-0.1, -0.05) is 23.7 Å². The average Bonchev–Trinajstić information content (AvgIpc) is 2.88. The van der Waals surface area contributed by atoms with Crippen LogP contribution in [-0.4, -0.2) is 36.1 Å². The van der Waals surface area contributed by atoms with Gasteiger partial charge in [0.15, 0.2) is 0 Å². The third-order valence-corrected chi connectivity index (χ3v) is 2.98. The molecule has 1 aliphatic rings. The third-order valence-electron chi connectivity index (χ3n) is 2.73. The van der Waals surface area contributed by atoms with E-state index in [9.17, 15) is 4.79 Å². The lowest BCUT2D eigenvalue weighted by Gasteiger charge is -2.14. The van der Waals surface area contributed by atoms with Gasteiger partial charge >= 0.3 is 0 Å². The highest BCUT2D eigenvalue weighted by Gasteiger charge is 2.17. The van der Waals surface area contributed by atoms with Crippen molar-refractivity contribution < 1.29 is 9.90 Å². The van der Waals surface area contributed by atoms with Gasteiger partial charge in [0.2, 0.25) is 5.91 Å². The number of likely N-dealkylation sites (tertiary alicyclic amines) is 1. The van der Waals surface area contributed by atoms with Crippen LogP contribution in [0.15, 0.2) is 24.3 Å². The minimum absolute atomic E-state index is 0.231. The van der Waals surface area contributed by atoms with E-state index in [1.54, 1.807) is 0 Å². The molecule has 1 heterocycles. The van der Waals surface area contributed by atoms with Crippen molar-refractivity contribution >= 4 is 17.5 Å². The number of carbonyl (C=O) groups is 1. The summed E-state index contributed by atoms with van der Waals surface area (Å²) in [7, 11) is 1.00. The molecule has 94 valence electrons. The summed E-state index contributed by atoms with van der Waals surface area (Å²) in [6.07, 6.45) is 2.79. The van der Waals surface area contributed by atoms with Gasteiger partial charge in [0.05, 0.1) is 6.42 Å². The maximum atomic E-state index is 11.8. The molecule has 0 saturated carbocycles. The lowest BCUT2D eigenvalue weighted by Crippen LogP contribution is -2.28. The van der Waals surface area contributed by atoms with Crippen molar-refractivity contribution in [1.29, 1.82) is 0 Å². The largest absolute Gasteiger partial charge is 0.400 e. The lowest BCUT2D eigenvalue weighted by atomic mass is 10.1. The van der Waals surface area contributed by atoms with E-state index in [1.807, 2.05) is 29.2 Å². The fourth-order valence-corrected chi connectivity index (χ4v) is 1.98. The normalized spacial score (nSPS) is 14.2. The van der Waals surface area contributed by atoms with Crippen molar-refractivity contribution in [1.82, 2.24) is 4.90 Å². The monoisotopic (exact) mass is 255 g/mol. The molecule has 1 amide bonds.